The molecular formula is C22H21Cl2F2N9O9S3. The molecule has 0 bridgehead atoms. The van der Waals surface area contributed by atoms with Gasteiger partial charge in [-0.25, -0.2) is 40.5 Å². The molecule has 0 aliphatic heterocycles. The average Bonchev–Trinajstić information content (AvgIpc) is 3.54. The highest BCUT2D eigenvalue weighted by Gasteiger charge is 2.26. The topological polar surface area (TPSA) is 246 Å². The van der Waals surface area contributed by atoms with Crippen LogP contribution in [0.1, 0.15) is 27.9 Å². The van der Waals surface area contributed by atoms with E-state index in [1.165, 1.54) is 32.4 Å². The Morgan fingerprint density at radius 2 is 1.74 bits per heavy atom. The second-order valence-electron chi connectivity index (χ2n) is 8.72. The number of hydrogen-bond acceptors (Lipinski definition) is 13. The molecule has 4 aromatic rings. The number of rotatable bonds is 9. The van der Waals surface area contributed by atoms with Crippen LogP contribution in [0, 0.1) is 13.8 Å². The Hall–Kier alpha value is -4.45. The molecule has 47 heavy (non-hydrogen) atoms. The number of thiophene rings is 1. The summed E-state index contributed by atoms with van der Waals surface area (Å²) in [6, 6.07) is 2.17. The van der Waals surface area contributed by atoms with Crippen LogP contribution in [0.5, 0.6) is 6.01 Å². The molecule has 0 unspecified atom stereocenters. The second-order valence-corrected chi connectivity index (χ2v) is 13.8. The number of aryl methyl sites for hydroxylation is 2. The Labute approximate surface area is 277 Å². The number of benzene rings is 1. The maximum absolute atomic E-state index is 12.8. The van der Waals surface area contributed by atoms with Crippen LogP contribution in [0.25, 0.3) is 5.69 Å². The molecule has 0 aliphatic carbocycles. The summed E-state index contributed by atoms with van der Waals surface area (Å²) in [4.78, 5) is 45.2. The van der Waals surface area contributed by atoms with Crippen molar-refractivity contribution in [2.75, 3.05) is 23.4 Å². The number of carboxylic acid groups (broad SMARTS) is 1. The summed E-state index contributed by atoms with van der Waals surface area (Å²) in [7, 11) is -6.71. The van der Waals surface area contributed by atoms with Crippen molar-refractivity contribution >= 4 is 78.2 Å². The van der Waals surface area contributed by atoms with E-state index in [0.29, 0.717) is 4.68 Å². The number of carbonyl (C=O) groups is 2. The smallest absolute Gasteiger partial charge is 0.355 e. The van der Waals surface area contributed by atoms with Crippen molar-refractivity contribution in [2.24, 2.45) is 0 Å². The van der Waals surface area contributed by atoms with Gasteiger partial charge in [-0.3, -0.25) is 10.0 Å². The quantitative estimate of drug-likeness (QED) is 0.192. The summed E-state index contributed by atoms with van der Waals surface area (Å²) in [5, 5.41) is 16.0. The normalized spacial score (nSPS) is 11.4. The number of nitrogens with zero attached hydrogens (tertiary/aromatic N) is 6. The van der Waals surface area contributed by atoms with Gasteiger partial charge in [0.25, 0.3) is 10.0 Å². The van der Waals surface area contributed by atoms with E-state index in [4.69, 9.17) is 33.0 Å². The molecule has 0 saturated carbocycles. The Morgan fingerprint density at radius 3 is 2.30 bits per heavy atom. The third-order valence-corrected chi connectivity index (χ3v) is 8.82. The number of aromatic carboxylic acids is 1. The SMILES string of the molecule is COc1nc(C)nc(NC(=O)NS(=O)(=O)c2ccsc2C(=O)O)n1.Cc1nn(-c2cc(NS(C)(=O)=O)c(Cl)cc2Cl)c(=O)n1C(F)F. The third-order valence-electron chi connectivity index (χ3n) is 5.21. The molecule has 4 N–H and O–H groups in total. The standard InChI is InChI=1S/C11H10Cl2F2N4O3S.C11H11N5O6S2/c1-5-16-19(11(20)18(5)10(14)15)9-4-8(17-23(2,21)22)6(12)3-7(9)13;1-5-12-9(15-11(13-5)22-2)14-10(19)16-24(20,21)6-3-4-23-7(6)8(17)18/h3-4,10,17H,1-2H3;3-4H,1-2H3,(H,17,18)(H2,12,13,14,15,16,19). The lowest BCUT2D eigenvalue weighted by molar-refractivity contribution is 0.0639. The first-order valence-electron chi connectivity index (χ1n) is 12.1. The molecule has 4 rings (SSSR count). The number of nitrogens with one attached hydrogen (secondary N) is 3. The number of ether oxygens (including phenoxy) is 1. The van der Waals surface area contributed by atoms with E-state index in [1.54, 1.807) is 4.72 Å². The molecule has 0 atom stereocenters. The van der Waals surface area contributed by atoms with Crippen LogP contribution in [-0.2, 0) is 20.0 Å². The van der Waals surface area contributed by atoms with E-state index < -0.39 is 54.1 Å². The molecule has 254 valence electrons. The maximum atomic E-state index is 12.8. The van der Waals surface area contributed by atoms with Crippen LogP contribution < -0.4 is 25.2 Å². The molecule has 3 heterocycles. The minimum Gasteiger partial charge on any atom is -0.477 e. The van der Waals surface area contributed by atoms with E-state index in [2.05, 4.69) is 30.1 Å². The second kappa shape index (κ2) is 14.5. The Balaban J connectivity index is 0.000000256. The fourth-order valence-electron chi connectivity index (χ4n) is 3.41. The highest BCUT2D eigenvalue weighted by Crippen LogP contribution is 2.31. The van der Waals surface area contributed by atoms with Gasteiger partial charge in [0, 0.05) is 0 Å². The zero-order chi connectivity index (χ0) is 35.4. The van der Waals surface area contributed by atoms with E-state index in [1.807, 2.05) is 0 Å². The number of sulfonamides is 2. The number of alkyl halides is 2. The number of amides is 2. The lowest BCUT2D eigenvalue weighted by Crippen LogP contribution is -2.35. The van der Waals surface area contributed by atoms with Gasteiger partial charge in [-0.1, -0.05) is 23.2 Å². The van der Waals surface area contributed by atoms with E-state index in [-0.39, 0.29) is 49.6 Å². The number of urea groups is 1. The first kappa shape index (κ1) is 37.0. The number of methoxy groups -OCH3 is 1. The van der Waals surface area contributed by atoms with Gasteiger partial charge in [-0.05, 0) is 37.4 Å². The molecule has 0 saturated heterocycles. The van der Waals surface area contributed by atoms with Gasteiger partial charge in [0.2, 0.25) is 16.0 Å². The van der Waals surface area contributed by atoms with Crippen LogP contribution >= 0.6 is 34.5 Å². The molecule has 0 spiro atoms. The fourth-order valence-corrected chi connectivity index (χ4v) is 6.71. The van der Waals surface area contributed by atoms with Crippen molar-refractivity contribution in [2.45, 2.75) is 25.3 Å². The number of hydrogen-bond donors (Lipinski definition) is 4. The summed E-state index contributed by atoms with van der Waals surface area (Å²) in [5.74, 6) is -1.63. The highest BCUT2D eigenvalue weighted by molar-refractivity contribution is 7.92. The molecule has 0 radical (unpaired) electrons. The number of carbonyl (C=O) groups excluding carboxylic acids is 1. The largest absolute Gasteiger partial charge is 0.477 e. The zero-order valence-electron chi connectivity index (χ0n) is 24.0. The molecule has 0 aliphatic rings. The van der Waals surface area contributed by atoms with Crippen LogP contribution in [0.4, 0.5) is 25.2 Å². The number of anilines is 2. The van der Waals surface area contributed by atoms with Gasteiger partial charge in [0.1, 0.15) is 21.4 Å². The van der Waals surface area contributed by atoms with Crippen LogP contribution in [0.2, 0.25) is 10.0 Å². The summed E-state index contributed by atoms with van der Waals surface area (Å²) < 4.78 is 82.0. The van der Waals surface area contributed by atoms with Crippen molar-refractivity contribution in [1.82, 2.24) is 34.0 Å². The van der Waals surface area contributed by atoms with Crippen molar-refractivity contribution in [3.05, 3.63) is 60.6 Å². The number of aromatic nitrogens is 6. The lowest BCUT2D eigenvalue weighted by atomic mass is 10.3. The number of carboxylic acids is 1. The average molecular weight is 761 g/mol. The van der Waals surface area contributed by atoms with Crippen LogP contribution in [0.15, 0.2) is 33.3 Å². The third kappa shape index (κ3) is 9.31. The minimum absolute atomic E-state index is 0.0257. The molecule has 1 aromatic carbocycles. The molecule has 3 aromatic heterocycles. The summed E-state index contributed by atoms with van der Waals surface area (Å²) in [6.07, 6.45) is 0.902. The lowest BCUT2D eigenvalue weighted by Gasteiger charge is -2.10. The molecule has 0 fully saturated rings. The van der Waals surface area contributed by atoms with E-state index >= 15 is 0 Å². The van der Waals surface area contributed by atoms with E-state index in [0.717, 1.165) is 29.7 Å². The molecule has 18 nitrogen and oxygen atoms in total. The summed E-state index contributed by atoms with van der Waals surface area (Å²) in [6.45, 7) is -0.325. The monoisotopic (exact) mass is 759 g/mol. The van der Waals surface area contributed by atoms with Gasteiger partial charge < -0.3 is 9.84 Å². The summed E-state index contributed by atoms with van der Waals surface area (Å²) in [5.41, 5.74) is -1.27. The number of halogens is 4. The molecular weight excluding hydrogens is 739 g/mol. The van der Waals surface area contributed by atoms with Crippen molar-refractivity contribution < 1.29 is 45.0 Å². The highest BCUT2D eigenvalue weighted by atomic mass is 35.5. The van der Waals surface area contributed by atoms with Gasteiger partial charge in [-0.15, -0.1) is 16.4 Å². The van der Waals surface area contributed by atoms with Crippen LogP contribution in [-0.4, -0.2) is 76.6 Å². The Morgan fingerprint density at radius 1 is 1.09 bits per heavy atom. The molecule has 2 amide bonds. The van der Waals surface area contributed by atoms with Crippen molar-refractivity contribution in [1.29, 1.82) is 0 Å². The van der Waals surface area contributed by atoms with Crippen molar-refractivity contribution in [3.8, 4) is 11.7 Å². The Kier molecular flexibility index (Phi) is 11.4. The van der Waals surface area contributed by atoms with Gasteiger partial charge in [0.05, 0.1) is 34.8 Å². The Bertz CT molecular complexity index is 2120. The predicted molar refractivity (Wildman–Crippen MR) is 164 cm³/mol. The van der Waals surface area contributed by atoms with Gasteiger partial charge in [-0.2, -0.15) is 28.4 Å². The van der Waals surface area contributed by atoms with Gasteiger partial charge >= 0.3 is 30.3 Å². The first-order chi connectivity index (χ1) is 21.7. The maximum Gasteiger partial charge on any atom is 0.355 e. The minimum atomic E-state index is -4.37. The summed E-state index contributed by atoms with van der Waals surface area (Å²) >= 11 is 12.6. The zero-order valence-corrected chi connectivity index (χ0v) is 28.0. The van der Waals surface area contributed by atoms with E-state index in [9.17, 15) is 40.0 Å². The fraction of sp³-hybridized carbons (Fsp3) is 0.227. The predicted octanol–water partition coefficient (Wildman–Crippen LogP) is 2.87. The van der Waals surface area contributed by atoms with Crippen molar-refractivity contribution in [3.63, 3.8) is 0 Å². The van der Waals surface area contributed by atoms with Gasteiger partial charge in [0.15, 0.2) is 0 Å². The molecule has 25 heteroatoms. The first-order valence-corrected chi connectivity index (χ1v) is 17.1. The van der Waals surface area contributed by atoms with Crippen LogP contribution in [0.3, 0.4) is 0 Å².